The summed E-state index contributed by atoms with van der Waals surface area (Å²) in [4.78, 5) is 28.1. The van der Waals surface area contributed by atoms with Crippen LogP contribution in [0.15, 0.2) is 60.0 Å². The van der Waals surface area contributed by atoms with E-state index in [0.29, 0.717) is 10.8 Å². The van der Waals surface area contributed by atoms with Crippen molar-refractivity contribution in [3.8, 4) is 0 Å². The van der Waals surface area contributed by atoms with Crippen LogP contribution in [-0.2, 0) is 6.54 Å². The second-order valence-electron chi connectivity index (χ2n) is 5.29. The van der Waals surface area contributed by atoms with Crippen LogP contribution in [0.5, 0.6) is 0 Å². The van der Waals surface area contributed by atoms with E-state index in [0.717, 1.165) is 16.9 Å². The molecule has 0 aliphatic heterocycles. The minimum atomic E-state index is -0.441. The molecule has 132 valence electrons. The summed E-state index contributed by atoms with van der Waals surface area (Å²) in [5.41, 5.74) is 1.63. The minimum Gasteiger partial charge on any atom is -0.347 e. The highest BCUT2D eigenvalue weighted by Gasteiger charge is 2.12. The molecule has 3 aromatic rings. The lowest BCUT2D eigenvalue weighted by molar-refractivity contribution is 0.0946. The fourth-order valence-electron chi connectivity index (χ4n) is 2.09. The van der Waals surface area contributed by atoms with E-state index >= 15 is 0 Å². The minimum absolute atomic E-state index is 0.201. The van der Waals surface area contributed by atoms with Crippen LogP contribution in [0.3, 0.4) is 0 Å². The molecule has 0 atom stereocenters. The lowest BCUT2D eigenvalue weighted by Crippen LogP contribution is -2.23. The third kappa shape index (κ3) is 4.87. The van der Waals surface area contributed by atoms with Gasteiger partial charge in [-0.3, -0.25) is 10.1 Å². The molecule has 0 unspecified atom stereocenters. The second-order valence-corrected chi connectivity index (χ2v) is 6.15. The third-order valence-electron chi connectivity index (χ3n) is 3.36. The van der Waals surface area contributed by atoms with Crippen molar-refractivity contribution in [1.82, 2.24) is 10.3 Å². The Kier molecular flexibility index (Phi) is 5.55. The van der Waals surface area contributed by atoms with Gasteiger partial charge in [-0.1, -0.05) is 30.3 Å². The summed E-state index contributed by atoms with van der Waals surface area (Å²) in [5, 5.41) is 9.81. The van der Waals surface area contributed by atoms with Crippen LogP contribution in [0.4, 0.5) is 20.0 Å². The number of halogens is 1. The maximum absolute atomic E-state index is 12.9. The highest BCUT2D eigenvalue weighted by Crippen LogP contribution is 2.16. The largest absolute Gasteiger partial charge is 0.347 e. The van der Waals surface area contributed by atoms with Gasteiger partial charge in [0.2, 0.25) is 0 Å². The molecule has 1 heterocycles. The fourth-order valence-corrected chi connectivity index (χ4v) is 2.78. The molecule has 26 heavy (non-hydrogen) atoms. The van der Waals surface area contributed by atoms with Gasteiger partial charge in [0, 0.05) is 17.6 Å². The number of carbonyl (C=O) groups excluding carboxylic acids is 2. The summed E-state index contributed by atoms with van der Waals surface area (Å²) in [6.07, 6.45) is 0. The Balaban J connectivity index is 1.52. The zero-order valence-corrected chi connectivity index (χ0v) is 14.3. The summed E-state index contributed by atoms with van der Waals surface area (Å²) in [6, 6.07) is 14.4. The van der Waals surface area contributed by atoms with Gasteiger partial charge in [0.05, 0.1) is 0 Å². The first kappa shape index (κ1) is 17.6. The molecule has 1 aromatic heterocycles. The summed E-state index contributed by atoms with van der Waals surface area (Å²) in [7, 11) is 0. The third-order valence-corrected chi connectivity index (χ3v) is 4.11. The van der Waals surface area contributed by atoms with Gasteiger partial charge in [0.25, 0.3) is 5.91 Å². The Morgan fingerprint density at radius 3 is 2.46 bits per heavy atom. The molecule has 3 amide bonds. The first-order chi connectivity index (χ1) is 12.6. The molecule has 0 aliphatic carbocycles. The SMILES string of the molecule is O=C(Nc1ccccc1)Nc1nc(C(=O)NCc2ccc(F)cc2)cs1. The molecule has 0 fully saturated rings. The smallest absolute Gasteiger partial charge is 0.325 e. The summed E-state index contributed by atoms with van der Waals surface area (Å²) < 4.78 is 12.9. The summed E-state index contributed by atoms with van der Waals surface area (Å²) in [6.45, 7) is 0.258. The zero-order chi connectivity index (χ0) is 18.4. The van der Waals surface area contributed by atoms with Crippen molar-refractivity contribution in [1.29, 1.82) is 0 Å². The molecular formula is C18H15FN4O2S. The number of benzene rings is 2. The van der Waals surface area contributed by atoms with Gasteiger partial charge in [0.1, 0.15) is 11.5 Å². The molecule has 0 saturated heterocycles. The van der Waals surface area contributed by atoms with Crippen molar-refractivity contribution < 1.29 is 14.0 Å². The number of carbonyl (C=O) groups is 2. The van der Waals surface area contributed by atoms with E-state index in [9.17, 15) is 14.0 Å². The average Bonchev–Trinajstić information content (AvgIpc) is 3.10. The van der Waals surface area contributed by atoms with Crippen LogP contribution < -0.4 is 16.0 Å². The average molecular weight is 370 g/mol. The maximum Gasteiger partial charge on any atom is 0.325 e. The number of hydrogen-bond acceptors (Lipinski definition) is 4. The number of nitrogens with zero attached hydrogens (tertiary/aromatic N) is 1. The Bertz CT molecular complexity index is 897. The molecule has 0 saturated carbocycles. The molecule has 0 spiro atoms. The van der Waals surface area contributed by atoms with Gasteiger partial charge in [0.15, 0.2) is 5.13 Å². The Morgan fingerprint density at radius 1 is 1.00 bits per heavy atom. The Hall–Kier alpha value is -3.26. The van der Waals surface area contributed by atoms with Gasteiger partial charge in [-0.05, 0) is 29.8 Å². The number of para-hydroxylation sites is 1. The summed E-state index contributed by atoms with van der Waals surface area (Å²) >= 11 is 1.15. The number of amides is 3. The van der Waals surface area contributed by atoms with E-state index in [1.165, 1.54) is 12.1 Å². The van der Waals surface area contributed by atoms with Crippen LogP contribution in [0.1, 0.15) is 16.1 Å². The lowest BCUT2D eigenvalue weighted by Gasteiger charge is -2.05. The molecule has 8 heteroatoms. The Labute approximate surface area is 153 Å². The van der Waals surface area contributed by atoms with Gasteiger partial charge >= 0.3 is 6.03 Å². The van der Waals surface area contributed by atoms with E-state index in [-0.39, 0.29) is 24.0 Å². The van der Waals surface area contributed by atoms with Crippen molar-refractivity contribution in [2.24, 2.45) is 0 Å². The highest BCUT2D eigenvalue weighted by atomic mass is 32.1. The summed E-state index contributed by atoms with van der Waals surface area (Å²) in [5.74, 6) is -0.703. The van der Waals surface area contributed by atoms with Crippen molar-refractivity contribution >= 4 is 34.1 Å². The number of urea groups is 1. The molecule has 3 N–H and O–H groups in total. The van der Waals surface area contributed by atoms with Crippen molar-refractivity contribution in [2.45, 2.75) is 6.54 Å². The topological polar surface area (TPSA) is 83.1 Å². The van der Waals surface area contributed by atoms with E-state index in [1.807, 2.05) is 18.2 Å². The van der Waals surface area contributed by atoms with Crippen LogP contribution in [0.25, 0.3) is 0 Å². The van der Waals surface area contributed by atoms with Crippen LogP contribution in [-0.4, -0.2) is 16.9 Å². The molecule has 0 radical (unpaired) electrons. The quantitative estimate of drug-likeness (QED) is 0.638. The molecule has 6 nitrogen and oxygen atoms in total. The number of hydrogen-bond donors (Lipinski definition) is 3. The van der Waals surface area contributed by atoms with Crippen molar-refractivity contribution in [2.75, 3.05) is 10.6 Å². The first-order valence-electron chi connectivity index (χ1n) is 7.71. The number of anilines is 2. The van der Waals surface area contributed by atoms with Gasteiger partial charge in [-0.2, -0.15) is 0 Å². The predicted molar refractivity (Wildman–Crippen MR) is 98.8 cm³/mol. The van der Waals surface area contributed by atoms with Gasteiger partial charge < -0.3 is 10.6 Å². The number of thiazole rings is 1. The van der Waals surface area contributed by atoms with Gasteiger partial charge in [-0.25, -0.2) is 14.2 Å². The maximum atomic E-state index is 12.9. The van der Waals surface area contributed by atoms with Gasteiger partial charge in [-0.15, -0.1) is 11.3 Å². The van der Waals surface area contributed by atoms with E-state index < -0.39 is 6.03 Å². The monoisotopic (exact) mass is 370 g/mol. The fraction of sp³-hybridized carbons (Fsp3) is 0.0556. The standard InChI is InChI=1S/C18H15FN4O2S/c19-13-8-6-12(7-9-13)10-20-16(24)15-11-26-18(22-15)23-17(25)21-14-4-2-1-3-5-14/h1-9,11H,10H2,(H,20,24)(H2,21,22,23,25). The first-order valence-corrected chi connectivity index (χ1v) is 8.59. The molecule has 2 aromatic carbocycles. The number of aromatic nitrogens is 1. The van der Waals surface area contributed by atoms with Crippen LogP contribution in [0, 0.1) is 5.82 Å². The van der Waals surface area contributed by atoms with Crippen LogP contribution >= 0.6 is 11.3 Å². The normalized spacial score (nSPS) is 10.2. The molecule has 3 rings (SSSR count). The molecular weight excluding hydrogens is 355 g/mol. The van der Waals surface area contributed by atoms with E-state index in [1.54, 1.807) is 29.6 Å². The lowest BCUT2D eigenvalue weighted by atomic mass is 10.2. The van der Waals surface area contributed by atoms with E-state index in [2.05, 4.69) is 20.9 Å². The second kappa shape index (κ2) is 8.21. The van der Waals surface area contributed by atoms with Crippen LogP contribution in [0.2, 0.25) is 0 Å². The number of nitrogens with one attached hydrogen (secondary N) is 3. The van der Waals surface area contributed by atoms with Crippen molar-refractivity contribution in [3.05, 3.63) is 77.1 Å². The predicted octanol–water partition coefficient (Wildman–Crippen LogP) is 3.86. The Morgan fingerprint density at radius 2 is 1.73 bits per heavy atom. The highest BCUT2D eigenvalue weighted by molar-refractivity contribution is 7.14. The zero-order valence-electron chi connectivity index (χ0n) is 13.5. The molecule has 0 aliphatic rings. The van der Waals surface area contributed by atoms with E-state index in [4.69, 9.17) is 0 Å². The molecule has 0 bridgehead atoms. The number of rotatable bonds is 5. The van der Waals surface area contributed by atoms with Crippen molar-refractivity contribution in [3.63, 3.8) is 0 Å².